The van der Waals surface area contributed by atoms with Crippen LogP contribution in [0.15, 0.2) is 72.8 Å². The monoisotopic (exact) mass is 1140 g/mol. The molecule has 0 bridgehead atoms. The van der Waals surface area contributed by atoms with Crippen molar-refractivity contribution < 1.29 is 38.4 Å². The maximum absolute atomic E-state index is 14.6. The lowest BCUT2D eigenvalue weighted by Crippen LogP contribution is -2.59. The Morgan fingerprint density at radius 2 is 0.912 bits per heavy atom. The van der Waals surface area contributed by atoms with E-state index in [4.69, 9.17) is 0 Å². The Hall–Kier alpha value is -6.08. The number of likely N-dealkylation sites (tertiary alicyclic amines) is 2. The van der Waals surface area contributed by atoms with Crippen molar-refractivity contribution in [2.45, 2.75) is 180 Å². The van der Waals surface area contributed by atoms with Gasteiger partial charge in [-0.25, -0.2) is 0 Å². The van der Waals surface area contributed by atoms with E-state index >= 15 is 0 Å². The van der Waals surface area contributed by atoms with Crippen LogP contribution in [0.3, 0.4) is 0 Å². The van der Waals surface area contributed by atoms with Gasteiger partial charge >= 0.3 is 0 Å². The van der Waals surface area contributed by atoms with E-state index in [9.17, 15) is 38.4 Å². The van der Waals surface area contributed by atoms with Crippen molar-refractivity contribution in [2.24, 2.45) is 10.8 Å². The molecule has 20 heteroatoms. The second kappa shape index (κ2) is 28.1. The van der Waals surface area contributed by atoms with Gasteiger partial charge in [0.05, 0.1) is 37.0 Å². The fourth-order valence-corrected chi connectivity index (χ4v) is 11.4. The van der Waals surface area contributed by atoms with Gasteiger partial charge in [0, 0.05) is 25.2 Å². The first-order valence-corrected chi connectivity index (χ1v) is 27.9. The first kappa shape index (κ1) is 64.7. The fourth-order valence-electron chi connectivity index (χ4n) is 11.4. The molecule has 2 aliphatic carbocycles. The van der Waals surface area contributed by atoms with Crippen molar-refractivity contribution in [3.8, 4) is 0 Å². The van der Waals surface area contributed by atoms with Crippen LogP contribution < -0.4 is 42.5 Å². The van der Waals surface area contributed by atoms with E-state index in [2.05, 4.69) is 54.7 Å². The largest absolute Gasteiger partial charge is 0.351 e. The third kappa shape index (κ3) is 16.1. The molecule has 8 N–H and O–H groups in total. The second-order valence-corrected chi connectivity index (χ2v) is 24.1. The minimum Gasteiger partial charge on any atom is -0.351 e. The fraction of sp³-hybridized carbons (Fsp3) is 0.567. The van der Waals surface area contributed by atoms with Crippen molar-refractivity contribution >= 4 is 72.1 Å². The van der Waals surface area contributed by atoms with E-state index in [-0.39, 0.29) is 111 Å². The van der Waals surface area contributed by atoms with Crippen LogP contribution in [0, 0.1) is 10.8 Å². The summed E-state index contributed by atoms with van der Waals surface area (Å²) in [5.74, 6) is -2.84. The van der Waals surface area contributed by atoms with Gasteiger partial charge in [-0.3, -0.25) is 38.4 Å². The summed E-state index contributed by atoms with van der Waals surface area (Å²) in [6.45, 7) is 14.7. The van der Waals surface area contributed by atoms with Crippen molar-refractivity contribution in [1.29, 1.82) is 0 Å². The van der Waals surface area contributed by atoms with Crippen LogP contribution in [0.2, 0.25) is 0 Å². The Balaban J connectivity index is 0.00000588. The second-order valence-electron chi connectivity index (χ2n) is 24.1. The lowest BCUT2D eigenvalue weighted by atomic mass is 9.85. The van der Waals surface area contributed by atoms with Gasteiger partial charge in [0.1, 0.15) is 24.2 Å². The van der Waals surface area contributed by atoms with Gasteiger partial charge in [0.2, 0.25) is 47.3 Å². The van der Waals surface area contributed by atoms with Gasteiger partial charge in [0.15, 0.2) is 0 Å². The molecule has 0 radical (unpaired) electrons. The molecule has 4 aliphatic rings. The van der Waals surface area contributed by atoms with Crippen LogP contribution in [0.5, 0.6) is 0 Å². The average Bonchev–Trinajstić information content (AvgIpc) is 4.06. The van der Waals surface area contributed by atoms with Gasteiger partial charge in [0.25, 0.3) is 0 Å². The molecule has 3 aromatic rings. The zero-order valence-corrected chi connectivity index (χ0v) is 49.8. The highest BCUT2D eigenvalue weighted by atomic mass is 35.5. The molecule has 3 aromatic carbocycles. The predicted octanol–water partition coefficient (Wildman–Crippen LogP) is 4.45. The van der Waals surface area contributed by atoms with Gasteiger partial charge < -0.3 is 52.3 Å². The van der Waals surface area contributed by atoms with E-state index in [0.29, 0.717) is 11.1 Å². The number of fused-ring (bicyclic) bond motifs is 2. The third-order valence-corrected chi connectivity index (χ3v) is 16.0. The number of carbonyl (C=O) groups excluding carboxylic acids is 8. The number of rotatable bonds is 18. The predicted molar refractivity (Wildman–Crippen MR) is 313 cm³/mol. The highest BCUT2D eigenvalue weighted by Crippen LogP contribution is 2.34. The normalized spacial score (nSPS) is 22.0. The molecule has 0 spiro atoms. The summed E-state index contributed by atoms with van der Waals surface area (Å²) in [4.78, 5) is 115. The highest BCUT2D eigenvalue weighted by molar-refractivity contribution is 5.96. The minimum atomic E-state index is -0.964. The highest BCUT2D eigenvalue weighted by Gasteiger charge is 2.48. The molecular formula is C60H86Cl2N10O8. The van der Waals surface area contributed by atoms with Crippen molar-refractivity contribution in [3.05, 3.63) is 106 Å². The number of nitrogens with one attached hydrogen (secondary N) is 8. The summed E-state index contributed by atoms with van der Waals surface area (Å²) in [6, 6.07) is 16.7. The first-order chi connectivity index (χ1) is 36.9. The Kier molecular flexibility index (Phi) is 22.7. The molecule has 18 nitrogen and oxygen atoms in total. The van der Waals surface area contributed by atoms with E-state index in [0.717, 1.165) is 49.7 Å². The molecule has 2 saturated heterocycles. The smallest absolute Gasteiger partial charge is 0.246 e. The molecule has 2 aliphatic heterocycles. The first-order valence-electron chi connectivity index (χ1n) is 27.9. The molecule has 0 saturated carbocycles. The van der Waals surface area contributed by atoms with E-state index in [1.807, 2.05) is 77.9 Å². The topological polar surface area (TPSA) is 239 Å². The number of nitrogens with zero attached hydrogens (tertiary/aromatic N) is 2. The number of benzene rings is 3. The molecule has 7 rings (SSSR count). The molecule has 2 heterocycles. The molecule has 80 heavy (non-hydrogen) atoms. The number of halogens is 2. The molecule has 0 unspecified atom stereocenters. The maximum Gasteiger partial charge on any atom is 0.246 e. The number of hydrogen-bond acceptors (Lipinski definition) is 10. The van der Waals surface area contributed by atoms with Crippen LogP contribution in [-0.2, 0) is 64.0 Å². The summed E-state index contributed by atoms with van der Waals surface area (Å²) in [5, 5.41) is 24.3. The zero-order chi connectivity index (χ0) is 56.6. The molecular weight excluding hydrogens is 1060 g/mol. The lowest BCUT2D eigenvalue weighted by Gasteiger charge is -2.36. The van der Waals surface area contributed by atoms with E-state index < -0.39 is 71.0 Å². The number of carbonyl (C=O) groups is 8. The third-order valence-electron chi connectivity index (χ3n) is 16.0. The number of aryl methyl sites for hydroxylation is 2. The summed E-state index contributed by atoms with van der Waals surface area (Å²) in [7, 11) is 3.32. The maximum atomic E-state index is 14.6. The molecule has 0 aromatic heterocycles. The minimum absolute atomic E-state index is 0. The number of amides is 8. The van der Waals surface area contributed by atoms with Crippen LogP contribution in [0.25, 0.3) is 0 Å². The summed E-state index contributed by atoms with van der Waals surface area (Å²) in [5.41, 5.74) is 4.31. The average molecular weight is 1150 g/mol. The van der Waals surface area contributed by atoms with E-state index in [1.54, 1.807) is 52.2 Å². The van der Waals surface area contributed by atoms with Crippen LogP contribution in [0.1, 0.15) is 139 Å². The van der Waals surface area contributed by atoms with Crippen molar-refractivity contribution in [3.63, 3.8) is 0 Å². The number of hydrogen-bond donors (Lipinski definition) is 8. The summed E-state index contributed by atoms with van der Waals surface area (Å²) < 4.78 is 0. The Morgan fingerprint density at radius 1 is 0.537 bits per heavy atom. The summed E-state index contributed by atoms with van der Waals surface area (Å²) >= 11 is 0. The quantitative estimate of drug-likeness (QED) is 0.0891. The SMILES string of the molecule is CN[C@@H](C)C(=O)N[C@H](C(=O)N1C[C@@H](NC(=O)Cc2cccc(CC(=O)N[C@H]3C[C@@H](C(=O)N[C@@H]4CCCc5ccccc54)N(C(=O)[C@@H](NC(=O)[C@H](C)NC)C(C)(C)C)C3)c2)C[C@H]1C(=O)N[C@@H]1CCCc2ccccc21)C(C)(C)C.Cl.Cl. The Morgan fingerprint density at radius 3 is 1.27 bits per heavy atom. The van der Waals surface area contributed by atoms with Gasteiger partial charge in [-0.15, -0.1) is 24.8 Å². The number of likely N-dealkylation sites (N-methyl/N-ethyl adjacent to an activating group) is 2. The van der Waals surface area contributed by atoms with Crippen molar-refractivity contribution in [1.82, 2.24) is 52.3 Å². The van der Waals surface area contributed by atoms with Crippen LogP contribution in [0.4, 0.5) is 0 Å². The van der Waals surface area contributed by atoms with Gasteiger partial charge in [-0.05, 0) is 124 Å². The van der Waals surface area contributed by atoms with Gasteiger partial charge in [-0.1, -0.05) is 114 Å². The Labute approximate surface area is 484 Å². The molecule has 2 fully saturated rings. The van der Waals surface area contributed by atoms with Crippen LogP contribution in [-0.4, -0.2) is 133 Å². The van der Waals surface area contributed by atoms with Gasteiger partial charge in [-0.2, -0.15) is 0 Å². The van der Waals surface area contributed by atoms with E-state index in [1.165, 1.54) is 20.9 Å². The Bertz CT molecular complexity index is 2540. The lowest BCUT2D eigenvalue weighted by molar-refractivity contribution is -0.144. The van der Waals surface area contributed by atoms with Crippen molar-refractivity contribution in [2.75, 3.05) is 27.2 Å². The standard InChI is InChI=1S/C60H84N10O8.2ClH/c1-35(61-9)53(73)67-51(59(3,4)5)57(77)69-33-41(31-47(69)55(75)65-45-26-16-22-39-20-11-13-24-43(39)45)63-49(71)29-37-18-15-19-38(28-37)30-50(72)64-42-32-48(56(76)66-46-27-17-23-40-21-12-14-25-44(40)46)70(34-42)58(78)52(60(6,7)8)68-54(74)36(2)62-10;;/h11-15,18-21,24-25,28,35-36,41-42,45-48,51-52,61-62H,16-17,22-23,26-27,29-34H2,1-10H3,(H,63,71)(H,64,72)(H,65,75)(H,66,76)(H,67,73)(H,68,74);2*1H/t35-,36-,41-,42-,45+,46+,47-,48-,51+,52+;;/m0../s1. The zero-order valence-electron chi connectivity index (χ0n) is 48.2. The summed E-state index contributed by atoms with van der Waals surface area (Å²) in [6.07, 6.45) is 5.38. The molecule has 10 atom stereocenters. The molecule has 438 valence electrons. The molecule has 8 amide bonds. The van der Waals surface area contributed by atoms with Crippen LogP contribution >= 0.6 is 24.8 Å².